The van der Waals surface area contributed by atoms with Crippen LogP contribution in [-0.4, -0.2) is 149 Å². The molecule has 2 heterocycles. The van der Waals surface area contributed by atoms with Gasteiger partial charge < -0.3 is 48.6 Å². The Labute approximate surface area is 472 Å². The van der Waals surface area contributed by atoms with Gasteiger partial charge in [0.05, 0.1) is 23.7 Å². The molecule has 13 atom stereocenters. The second-order valence-electron chi connectivity index (χ2n) is 21.6. The van der Waals surface area contributed by atoms with Crippen LogP contribution in [0.4, 0.5) is 0 Å². The first-order valence-electron chi connectivity index (χ1n) is 27.8. The third-order valence-corrected chi connectivity index (χ3v) is 16.2. The summed E-state index contributed by atoms with van der Waals surface area (Å²) in [6, 6.07) is -0.922. The minimum absolute atomic E-state index is 0.0152. The van der Waals surface area contributed by atoms with E-state index in [-0.39, 0.29) is 65.5 Å². The predicted octanol–water partition coefficient (Wildman–Crippen LogP) is 8.50. The van der Waals surface area contributed by atoms with Crippen molar-refractivity contribution < 1.29 is 77.3 Å². The number of ketones is 3. The summed E-state index contributed by atoms with van der Waals surface area (Å²) in [7, 11) is 2.99. The van der Waals surface area contributed by atoms with Gasteiger partial charge in [-0.05, 0) is 129 Å². The molecule has 0 aromatic rings. The van der Waals surface area contributed by atoms with Gasteiger partial charge in [0, 0.05) is 38.5 Å². The Bertz CT molecular complexity index is 2040. The van der Waals surface area contributed by atoms with Gasteiger partial charge in [-0.3, -0.25) is 28.8 Å². The van der Waals surface area contributed by atoms with Gasteiger partial charge in [-0.2, -0.15) is 0 Å². The molecule has 18 heteroatoms. The Morgan fingerprint density at radius 2 is 1.62 bits per heavy atom. The molecule has 438 valence electrons. The van der Waals surface area contributed by atoms with E-state index in [1.807, 2.05) is 74.6 Å². The molecule has 3 rings (SSSR count). The summed E-state index contributed by atoms with van der Waals surface area (Å²) in [4.78, 5) is 90.4. The zero-order valence-electron chi connectivity index (χ0n) is 48.2. The topological polar surface area (TPSA) is 239 Å². The SMILES string of the molecule is CC/C(C)=C/C=C/C=C/CCC(C)C(=O)[C@H](OC)C(O)/C(C)=C/[C@@H](C)C(C)=O.CCCC(CO)(COC(=O)CI)C(=O)OC1CC[C@@H](C[C@@H](C)[C@H](C)OC(=O)C2CCCCN2C(=O)C(=O)C2(O)OCCCC2C)C[C@H]1OC. The highest BCUT2D eigenvalue weighted by Gasteiger charge is 2.51. The molecule has 0 aromatic heterocycles. The van der Waals surface area contributed by atoms with Crippen LogP contribution in [0.15, 0.2) is 47.6 Å². The van der Waals surface area contributed by atoms with Gasteiger partial charge >= 0.3 is 17.9 Å². The molecule has 1 saturated carbocycles. The van der Waals surface area contributed by atoms with E-state index in [0.29, 0.717) is 76.2 Å². The van der Waals surface area contributed by atoms with Gasteiger partial charge in [-0.25, -0.2) is 4.79 Å². The number of halogens is 1. The van der Waals surface area contributed by atoms with Crippen LogP contribution >= 0.6 is 22.6 Å². The van der Waals surface area contributed by atoms with Crippen molar-refractivity contribution >= 4 is 63.8 Å². The van der Waals surface area contributed by atoms with Crippen molar-refractivity contribution in [2.24, 2.45) is 35.0 Å². The molecule has 0 bridgehead atoms. The number of hydrogen-bond acceptors (Lipinski definition) is 16. The number of aliphatic hydroxyl groups is 3. The van der Waals surface area contributed by atoms with E-state index in [0.717, 1.165) is 19.3 Å². The van der Waals surface area contributed by atoms with Crippen LogP contribution in [0.5, 0.6) is 0 Å². The maximum Gasteiger partial charge on any atom is 0.329 e. The Morgan fingerprint density at radius 1 is 0.922 bits per heavy atom. The molecular weight excluding hydrogens is 1110 g/mol. The number of piperidine rings is 1. The number of amides is 1. The van der Waals surface area contributed by atoms with E-state index in [1.165, 1.54) is 24.5 Å². The number of Topliss-reactive ketones (excluding diaryl/α,β-unsaturated/α-hetero) is 3. The molecular formula is C59H94INO16. The third kappa shape index (κ3) is 21.4. The number of carbonyl (C=O) groups is 7. The number of nitrogens with zero attached hydrogens (tertiary/aromatic N) is 1. The monoisotopic (exact) mass is 1200 g/mol. The molecule has 7 unspecified atom stereocenters. The molecule has 17 nitrogen and oxygen atoms in total. The summed E-state index contributed by atoms with van der Waals surface area (Å²) in [6.07, 6.45) is 17.4. The molecule has 77 heavy (non-hydrogen) atoms. The Hall–Kier alpha value is -3.66. The summed E-state index contributed by atoms with van der Waals surface area (Å²) < 4.78 is 33.6. The zero-order chi connectivity index (χ0) is 58.0. The van der Waals surface area contributed by atoms with Crippen molar-refractivity contribution in [2.45, 2.75) is 201 Å². The van der Waals surface area contributed by atoms with Crippen LogP contribution in [0.1, 0.15) is 159 Å². The molecule has 3 fully saturated rings. The van der Waals surface area contributed by atoms with Gasteiger partial charge in [-0.15, -0.1) is 0 Å². The van der Waals surface area contributed by atoms with Crippen molar-refractivity contribution in [3.8, 4) is 0 Å². The molecule has 1 aliphatic carbocycles. The second kappa shape index (κ2) is 35.2. The number of alkyl halides is 1. The van der Waals surface area contributed by atoms with E-state index in [1.54, 1.807) is 34.0 Å². The first kappa shape index (κ1) is 69.4. The maximum absolute atomic E-state index is 13.4. The maximum atomic E-state index is 13.4. The van der Waals surface area contributed by atoms with E-state index >= 15 is 0 Å². The normalized spacial score (nSPS) is 25.5. The Balaban J connectivity index is 0.000000617. The number of allylic oxidation sites excluding steroid dienone is 7. The van der Waals surface area contributed by atoms with Gasteiger partial charge in [0.2, 0.25) is 5.79 Å². The highest BCUT2D eigenvalue weighted by molar-refractivity contribution is 14.1. The van der Waals surface area contributed by atoms with Gasteiger partial charge in [0.15, 0.2) is 5.78 Å². The largest absolute Gasteiger partial charge is 0.464 e. The molecule has 3 aliphatic rings. The number of carbonyl (C=O) groups excluding carboxylic acids is 7. The second-order valence-corrected chi connectivity index (χ2v) is 22.4. The zero-order valence-corrected chi connectivity index (χ0v) is 50.4. The Morgan fingerprint density at radius 3 is 2.22 bits per heavy atom. The lowest BCUT2D eigenvalue weighted by molar-refractivity contribution is -0.241. The fourth-order valence-corrected chi connectivity index (χ4v) is 10.1. The average molecular weight is 1200 g/mol. The van der Waals surface area contributed by atoms with Crippen LogP contribution in [0, 0.1) is 35.0 Å². The third-order valence-electron chi connectivity index (χ3n) is 15.6. The van der Waals surface area contributed by atoms with Crippen LogP contribution in [0.3, 0.4) is 0 Å². The lowest BCUT2D eigenvalue weighted by Gasteiger charge is -2.40. The molecule has 0 aromatic carbocycles. The smallest absolute Gasteiger partial charge is 0.329 e. The number of aliphatic hydroxyl groups excluding tert-OH is 2. The number of ether oxygens (including phenoxy) is 6. The summed E-state index contributed by atoms with van der Waals surface area (Å²) in [5.74, 6) is -6.82. The molecule has 1 amide bonds. The van der Waals surface area contributed by atoms with Gasteiger partial charge in [-0.1, -0.05) is 113 Å². The molecule has 3 N–H and O–H groups in total. The summed E-state index contributed by atoms with van der Waals surface area (Å²) >= 11 is 1.88. The minimum Gasteiger partial charge on any atom is -0.464 e. The van der Waals surface area contributed by atoms with Crippen LogP contribution in [-0.2, 0) is 62.0 Å². The average Bonchev–Trinajstić information content (AvgIpc) is 3.42. The van der Waals surface area contributed by atoms with E-state index in [2.05, 4.69) is 19.9 Å². The fraction of sp³-hybridized carbons (Fsp3) is 0.746. The lowest BCUT2D eigenvalue weighted by Crippen LogP contribution is -2.59. The minimum atomic E-state index is -2.19. The van der Waals surface area contributed by atoms with E-state index in [9.17, 15) is 48.9 Å². The van der Waals surface area contributed by atoms with Crippen LogP contribution in [0.25, 0.3) is 0 Å². The van der Waals surface area contributed by atoms with Crippen molar-refractivity contribution in [2.75, 3.05) is 45.0 Å². The quantitative estimate of drug-likeness (QED) is 0.0121. The fourth-order valence-electron chi connectivity index (χ4n) is 9.84. The molecule has 2 saturated heterocycles. The number of esters is 3. The van der Waals surface area contributed by atoms with Crippen molar-refractivity contribution in [1.82, 2.24) is 4.90 Å². The number of likely N-dealkylation sites (tertiary alicyclic amines) is 1. The number of methoxy groups -OCH3 is 2. The molecule has 0 spiro atoms. The van der Waals surface area contributed by atoms with E-state index in [4.69, 9.17) is 28.4 Å². The summed E-state index contributed by atoms with van der Waals surface area (Å²) in [5.41, 5.74) is 0.567. The first-order valence-corrected chi connectivity index (χ1v) is 29.3. The first-order chi connectivity index (χ1) is 36.4. The predicted molar refractivity (Wildman–Crippen MR) is 301 cm³/mol. The van der Waals surface area contributed by atoms with Crippen LogP contribution in [0.2, 0.25) is 0 Å². The summed E-state index contributed by atoms with van der Waals surface area (Å²) in [6.45, 7) is 18.1. The Kier molecular flexibility index (Phi) is 31.7. The van der Waals surface area contributed by atoms with Crippen molar-refractivity contribution in [1.29, 1.82) is 0 Å². The number of rotatable bonds is 29. The highest BCUT2D eigenvalue weighted by Crippen LogP contribution is 2.37. The molecule has 0 radical (unpaired) electrons. The molecule has 2 aliphatic heterocycles. The van der Waals surface area contributed by atoms with E-state index < -0.39 is 83.8 Å². The number of hydrogen-bond donors (Lipinski definition) is 3. The highest BCUT2D eigenvalue weighted by atomic mass is 127. The van der Waals surface area contributed by atoms with Gasteiger partial charge in [0.1, 0.15) is 48.3 Å². The summed E-state index contributed by atoms with van der Waals surface area (Å²) in [5, 5.41) is 31.6. The van der Waals surface area contributed by atoms with Crippen molar-refractivity contribution in [3.63, 3.8) is 0 Å². The van der Waals surface area contributed by atoms with Crippen molar-refractivity contribution in [3.05, 3.63) is 47.6 Å². The lowest BCUT2D eigenvalue weighted by atomic mass is 9.79. The van der Waals surface area contributed by atoms with Crippen LogP contribution < -0.4 is 0 Å². The standard InChI is InChI=1S/C35H56INO12.C24H38O4/c1-6-14-34(20-38,21-46-29(39)19-36)33(43)49-27-13-12-25(18-28(27)45-5)17-22(2)24(4)48-32(42)26-11-7-8-15-37(26)31(41)30(40)35(44)23(3)10-9-16-47-35;1-8-17(2)14-12-10-9-11-13-15-18(3)22(26)24(28-7)23(27)20(5)16-19(4)21(6)25/h22-28,38,44H,6-21H2,1-5H3;9-12,14,16,18-19,23-24,27H,8,13,15H2,1-7H3/b;11-9+,12-10+,17-14+,20-16+/t22-,23?,24+,25+,26?,27?,28-,34?,35?;18?,19-,23?,24+/m11/s1. The van der Waals surface area contributed by atoms with Gasteiger partial charge in [0.25, 0.3) is 11.7 Å².